The van der Waals surface area contributed by atoms with E-state index in [2.05, 4.69) is 51.2 Å². The van der Waals surface area contributed by atoms with Gasteiger partial charge >= 0.3 is 0 Å². The van der Waals surface area contributed by atoms with Crippen LogP contribution in [-0.2, 0) is 6.54 Å². The molecule has 2 aromatic rings. The van der Waals surface area contributed by atoms with Crippen molar-refractivity contribution in [1.82, 2.24) is 20.9 Å². The van der Waals surface area contributed by atoms with Gasteiger partial charge < -0.3 is 25.6 Å². The number of fused-ring (bicyclic) bond motifs is 1. The van der Waals surface area contributed by atoms with E-state index in [4.69, 9.17) is 4.74 Å². The van der Waals surface area contributed by atoms with E-state index < -0.39 is 0 Å². The Morgan fingerprint density at radius 2 is 1.53 bits per heavy atom. The number of methoxy groups -OCH3 is 1. The lowest BCUT2D eigenvalue weighted by atomic mass is 10.1. The van der Waals surface area contributed by atoms with E-state index in [9.17, 15) is 0 Å². The van der Waals surface area contributed by atoms with Crippen molar-refractivity contribution in [2.24, 2.45) is 0 Å². The van der Waals surface area contributed by atoms with E-state index in [0.717, 1.165) is 45.0 Å². The minimum absolute atomic E-state index is 0. The van der Waals surface area contributed by atoms with Crippen LogP contribution in [0.15, 0.2) is 36.4 Å². The molecule has 1 saturated heterocycles. The second kappa shape index (κ2) is 14.6. The van der Waals surface area contributed by atoms with Crippen LogP contribution in [0.1, 0.15) is 31.2 Å². The number of unbranched alkanes of at least 4 members (excludes halogenated alkanes) is 2. The summed E-state index contributed by atoms with van der Waals surface area (Å²) in [6.45, 7) is 10.3. The van der Waals surface area contributed by atoms with Crippen molar-refractivity contribution in [1.29, 1.82) is 0 Å². The average Bonchev–Trinajstić information content (AvgIpc) is 2.77. The summed E-state index contributed by atoms with van der Waals surface area (Å²) in [6.07, 6.45) is 5.06. The third-order valence-electron chi connectivity index (χ3n) is 5.69. The van der Waals surface area contributed by atoms with Gasteiger partial charge in [0.15, 0.2) is 0 Å². The molecule has 1 aliphatic heterocycles. The molecule has 0 bridgehead atoms. The predicted molar refractivity (Wildman–Crippen MR) is 130 cm³/mol. The smallest absolute Gasteiger partial charge is 0.119 e. The summed E-state index contributed by atoms with van der Waals surface area (Å²) in [5.41, 5.74) is 1.34. The molecule has 1 fully saturated rings. The number of benzene rings is 2. The number of nitrogens with one attached hydrogen (secondary N) is 3. The van der Waals surface area contributed by atoms with Crippen LogP contribution < -0.4 is 20.7 Å². The van der Waals surface area contributed by atoms with Gasteiger partial charge in [0.2, 0.25) is 0 Å². The van der Waals surface area contributed by atoms with Crippen LogP contribution in [0.3, 0.4) is 0 Å². The Labute approximate surface area is 188 Å². The molecule has 0 amide bonds. The van der Waals surface area contributed by atoms with Crippen LogP contribution in [0.5, 0.6) is 5.75 Å². The van der Waals surface area contributed by atoms with Gasteiger partial charge in [-0.25, -0.2) is 0 Å². The molecule has 0 radical (unpaired) electrons. The third-order valence-corrected chi connectivity index (χ3v) is 5.69. The molecule has 3 rings (SSSR count). The fourth-order valence-electron chi connectivity index (χ4n) is 3.89. The number of hydrogen-bond donors (Lipinski definition) is 3. The normalized spacial score (nSPS) is 14.6. The average molecular weight is 435 g/mol. The van der Waals surface area contributed by atoms with Gasteiger partial charge in [-0.15, -0.1) is 12.4 Å². The zero-order valence-corrected chi connectivity index (χ0v) is 19.2. The molecule has 168 valence electrons. The van der Waals surface area contributed by atoms with Crippen molar-refractivity contribution in [3.05, 3.63) is 42.0 Å². The van der Waals surface area contributed by atoms with Crippen molar-refractivity contribution in [2.75, 3.05) is 59.5 Å². The van der Waals surface area contributed by atoms with Gasteiger partial charge in [-0.3, -0.25) is 0 Å². The standard InChI is InChI=1S/C24H38N4O.ClH/c1-29-24-9-8-22-18-21(6-7-23(22)19-24)20-27-12-3-2-10-25-11-4-5-15-28-16-13-26-14-17-28;/h6-9,18-19,25-27H,2-5,10-17,20H2,1H3;1H. The summed E-state index contributed by atoms with van der Waals surface area (Å²) in [5.74, 6) is 0.913. The number of hydrogen-bond acceptors (Lipinski definition) is 5. The van der Waals surface area contributed by atoms with Crippen molar-refractivity contribution in [3.63, 3.8) is 0 Å². The molecule has 0 saturated carbocycles. The maximum atomic E-state index is 5.30. The van der Waals surface area contributed by atoms with E-state index >= 15 is 0 Å². The van der Waals surface area contributed by atoms with Crippen molar-refractivity contribution >= 4 is 23.2 Å². The second-order valence-electron chi connectivity index (χ2n) is 7.98. The van der Waals surface area contributed by atoms with Crippen molar-refractivity contribution in [2.45, 2.75) is 32.2 Å². The number of ether oxygens (including phenoxy) is 1. The van der Waals surface area contributed by atoms with Gasteiger partial charge in [0.1, 0.15) is 5.75 Å². The van der Waals surface area contributed by atoms with Crippen LogP contribution in [0, 0.1) is 0 Å². The van der Waals surface area contributed by atoms with Crippen molar-refractivity contribution < 1.29 is 4.74 Å². The number of rotatable bonds is 13. The van der Waals surface area contributed by atoms with Crippen molar-refractivity contribution in [3.8, 4) is 5.75 Å². The minimum Gasteiger partial charge on any atom is -0.497 e. The quantitative estimate of drug-likeness (QED) is 0.422. The lowest BCUT2D eigenvalue weighted by Crippen LogP contribution is -2.43. The molecule has 0 unspecified atom stereocenters. The Morgan fingerprint density at radius 1 is 0.867 bits per heavy atom. The van der Waals surface area contributed by atoms with Gasteiger partial charge in [0.25, 0.3) is 0 Å². The fourth-order valence-corrected chi connectivity index (χ4v) is 3.89. The molecule has 6 heteroatoms. The highest BCUT2D eigenvalue weighted by molar-refractivity contribution is 5.85. The summed E-state index contributed by atoms with van der Waals surface area (Å²) >= 11 is 0. The molecule has 0 aliphatic carbocycles. The van der Waals surface area contributed by atoms with E-state index in [1.54, 1.807) is 7.11 Å². The third kappa shape index (κ3) is 8.78. The monoisotopic (exact) mass is 434 g/mol. The summed E-state index contributed by atoms with van der Waals surface area (Å²) in [5, 5.41) is 13.1. The highest BCUT2D eigenvalue weighted by atomic mass is 35.5. The predicted octanol–water partition coefficient (Wildman–Crippen LogP) is 3.42. The zero-order chi connectivity index (χ0) is 20.2. The first-order valence-corrected chi connectivity index (χ1v) is 11.3. The van der Waals surface area contributed by atoms with Crippen LogP contribution in [0.2, 0.25) is 0 Å². The van der Waals surface area contributed by atoms with Crippen LogP contribution in [0.25, 0.3) is 10.8 Å². The van der Waals surface area contributed by atoms with Gasteiger partial charge in [-0.2, -0.15) is 0 Å². The molecule has 0 spiro atoms. The molecule has 0 atom stereocenters. The Hall–Kier alpha value is -1.37. The van der Waals surface area contributed by atoms with E-state index in [0.29, 0.717) is 0 Å². The Kier molecular flexibility index (Phi) is 12.1. The van der Waals surface area contributed by atoms with Gasteiger partial charge in [0, 0.05) is 32.7 Å². The van der Waals surface area contributed by atoms with Crippen LogP contribution >= 0.6 is 12.4 Å². The molecule has 5 nitrogen and oxygen atoms in total. The molecule has 2 aromatic carbocycles. The zero-order valence-electron chi connectivity index (χ0n) is 18.4. The molecular weight excluding hydrogens is 396 g/mol. The largest absolute Gasteiger partial charge is 0.497 e. The summed E-state index contributed by atoms with van der Waals surface area (Å²) in [7, 11) is 1.71. The Morgan fingerprint density at radius 3 is 2.30 bits per heavy atom. The molecule has 3 N–H and O–H groups in total. The summed E-state index contributed by atoms with van der Waals surface area (Å²) in [4.78, 5) is 2.58. The first kappa shape index (κ1) is 24.9. The molecular formula is C24H39ClN4O. The lowest BCUT2D eigenvalue weighted by Gasteiger charge is -2.27. The van der Waals surface area contributed by atoms with Gasteiger partial charge in [0.05, 0.1) is 7.11 Å². The fraction of sp³-hybridized carbons (Fsp3) is 0.583. The first-order chi connectivity index (χ1) is 14.3. The lowest BCUT2D eigenvalue weighted by molar-refractivity contribution is 0.236. The highest BCUT2D eigenvalue weighted by Gasteiger charge is 2.07. The second-order valence-corrected chi connectivity index (χ2v) is 7.98. The number of piperazine rings is 1. The van der Waals surface area contributed by atoms with E-state index in [1.807, 2.05) is 6.07 Å². The number of halogens is 1. The maximum absolute atomic E-state index is 5.30. The van der Waals surface area contributed by atoms with Crippen LogP contribution in [0.4, 0.5) is 0 Å². The van der Waals surface area contributed by atoms with Gasteiger partial charge in [-0.05, 0) is 86.4 Å². The summed E-state index contributed by atoms with van der Waals surface area (Å²) < 4.78 is 5.30. The topological polar surface area (TPSA) is 48.6 Å². The number of nitrogens with zero attached hydrogens (tertiary/aromatic N) is 1. The Bertz CT molecular complexity index is 721. The van der Waals surface area contributed by atoms with Gasteiger partial charge in [-0.1, -0.05) is 18.2 Å². The molecule has 1 heterocycles. The molecule has 1 aliphatic rings. The summed E-state index contributed by atoms with van der Waals surface area (Å²) in [6, 6.07) is 12.9. The SMILES string of the molecule is COc1ccc2cc(CNCCCCNCCCCN3CCNCC3)ccc2c1.Cl. The van der Waals surface area contributed by atoms with E-state index in [1.165, 1.54) is 61.7 Å². The Balaban J connectivity index is 0.00000320. The highest BCUT2D eigenvalue weighted by Crippen LogP contribution is 2.21. The minimum atomic E-state index is 0. The molecule has 30 heavy (non-hydrogen) atoms. The van der Waals surface area contributed by atoms with Crippen LogP contribution in [-0.4, -0.2) is 64.4 Å². The first-order valence-electron chi connectivity index (χ1n) is 11.3. The maximum Gasteiger partial charge on any atom is 0.119 e. The molecule has 0 aromatic heterocycles. The van der Waals surface area contributed by atoms with E-state index in [-0.39, 0.29) is 12.4 Å².